The van der Waals surface area contributed by atoms with Crippen LogP contribution in [0.25, 0.3) is 11.3 Å². The molecular weight excluding hydrogens is 512 g/mol. The number of thiazole rings is 1. The maximum atomic E-state index is 14.4. The Morgan fingerprint density at radius 2 is 1.86 bits per heavy atom. The normalized spacial score (nSPS) is 13.8. The molecule has 3 N–H and O–H groups in total. The van der Waals surface area contributed by atoms with Gasteiger partial charge in [0.2, 0.25) is 0 Å². The van der Waals surface area contributed by atoms with E-state index in [0.717, 1.165) is 17.4 Å². The van der Waals surface area contributed by atoms with Crippen LogP contribution in [0.1, 0.15) is 15.9 Å². The van der Waals surface area contributed by atoms with Gasteiger partial charge in [0.15, 0.2) is 5.13 Å². The van der Waals surface area contributed by atoms with E-state index in [1.807, 2.05) is 4.90 Å². The van der Waals surface area contributed by atoms with Crippen molar-refractivity contribution in [3.8, 4) is 11.3 Å². The lowest BCUT2D eigenvalue weighted by atomic mass is 10.1. The van der Waals surface area contributed by atoms with E-state index < -0.39 is 23.5 Å². The Morgan fingerprint density at radius 3 is 2.57 bits per heavy atom. The largest absolute Gasteiger partial charge is 0.419 e. The molecule has 0 bridgehead atoms. The summed E-state index contributed by atoms with van der Waals surface area (Å²) in [4.78, 5) is 27.0. The van der Waals surface area contributed by atoms with Gasteiger partial charge in [0.05, 0.1) is 17.4 Å². The van der Waals surface area contributed by atoms with Gasteiger partial charge in [-0.3, -0.25) is 10.1 Å². The third-order valence-electron chi connectivity index (χ3n) is 5.56. The van der Waals surface area contributed by atoms with E-state index in [2.05, 4.69) is 25.6 Å². The Labute approximate surface area is 211 Å². The quantitative estimate of drug-likeness (QED) is 0.304. The summed E-state index contributed by atoms with van der Waals surface area (Å²) in [7, 11) is 0. The maximum Gasteiger partial charge on any atom is 0.419 e. The fraction of sp³-hybridized carbons (Fsp3) is 0.167. The Morgan fingerprint density at radius 1 is 1.11 bits per heavy atom. The summed E-state index contributed by atoms with van der Waals surface area (Å²) in [5.41, 5.74) is -0.720. The van der Waals surface area contributed by atoms with Crippen LogP contribution in [0.15, 0.2) is 60.2 Å². The van der Waals surface area contributed by atoms with Crippen LogP contribution >= 0.6 is 11.3 Å². The number of aliphatic hydroxyl groups excluding tert-OH is 1. The molecule has 0 saturated carbocycles. The number of benzene rings is 2. The molecular formula is C24H18F4N6O2S. The number of carbonyl (C=O) groups excluding carboxylic acids is 1. The molecule has 8 nitrogen and oxygen atoms in total. The number of nitrogens with one attached hydrogen (secondary N) is 2. The van der Waals surface area contributed by atoms with E-state index in [0.29, 0.717) is 42.0 Å². The van der Waals surface area contributed by atoms with Crippen LogP contribution in [0, 0.1) is 5.82 Å². The number of hydrogen-bond donors (Lipinski definition) is 3. The first-order valence-electron chi connectivity index (χ1n) is 10.9. The van der Waals surface area contributed by atoms with Crippen molar-refractivity contribution in [2.24, 2.45) is 0 Å². The van der Waals surface area contributed by atoms with Crippen LogP contribution in [0.2, 0.25) is 0 Å². The Balaban J connectivity index is 1.24. The van der Waals surface area contributed by atoms with Gasteiger partial charge in [-0.1, -0.05) is 6.07 Å². The molecule has 4 aromatic rings. The molecule has 1 saturated heterocycles. The molecule has 0 spiro atoms. The van der Waals surface area contributed by atoms with Crippen LogP contribution < -0.4 is 15.5 Å². The Hall–Kier alpha value is -4.10. The number of nitrogens with zero attached hydrogens (tertiary/aromatic N) is 4. The third-order valence-corrected chi connectivity index (χ3v) is 6.32. The van der Waals surface area contributed by atoms with Crippen molar-refractivity contribution in [1.82, 2.24) is 15.0 Å². The smallest absolute Gasteiger partial charge is 0.389 e. The minimum Gasteiger partial charge on any atom is -0.389 e. The van der Waals surface area contributed by atoms with Crippen molar-refractivity contribution in [2.45, 2.75) is 12.3 Å². The molecule has 1 aliphatic heterocycles. The SMILES string of the molecule is O=C(Nc1nc(-c2cccc(C(F)(F)F)c2F)cs1)c1ccc(Nc2cc(N3CC(O)C3)ncn2)cc1. The number of halogens is 4. The van der Waals surface area contributed by atoms with Gasteiger partial charge in [-0.2, -0.15) is 13.2 Å². The van der Waals surface area contributed by atoms with Crippen molar-refractivity contribution >= 4 is 39.7 Å². The molecule has 1 amide bonds. The van der Waals surface area contributed by atoms with Crippen LogP contribution in [0.5, 0.6) is 0 Å². The fourth-order valence-corrected chi connectivity index (χ4v) is 4.36. The molecule has 1 aliphatic rings. The molecule has 5 rings (SSSR count). The van der Waals surface area contributed by atoms with E-state index in [1.54, 1.807) is 30.3 Å². The lowest BCUT2D eigenvalue weighted by molar-refractivity contribution is -0.139. The first kappa shape index (κ1) is 24.6. The first-order chi connectivity index (χ1) is 17.7. The topological polar surface area (TPSA) is 103 Å². The Bertz CT molecular complexity index is 1440. The fourth-order valence-electron chi connectivity index (χ4n) is 3.66. The molecule has 3 heterocycles. The zero-order valence-corrected chi connectivity index (χ0v) is 19.6. The van der Waals surface area contributed by atoms with E-state index in [-0.39, 0.29) is 22.5 Å². The van der Waals surface area contributed by atoms with Gasteiger partial charge in [-0.25, -0.2) is 19.3 Å². The second kappa shape index (κ2) is 9.75. The summed E-state index contributed by atoms with van der Waals surface area (Å²) in [5.74, 6) is -0.676. The van der Waals surface area contributed by atoms with Crippen molar-refractivity contribution in [3.05, 3.63) is 77.2 Å². The summed E-state index contributed by atoms with van der Waals surface area (Å²) in [6.45, 7) is 1.02. The van der Waals surface area contributed by atoms with Gasteiger partial charge >= 0.3 is 6.18 Å². The average molecular weight is 531 g/mol. The predicted octanol–water partition coefficient (Wildman–Crippen LogP) is 4.93. The average Bonchev–Trinajstić information content (AvgIpc) is 3.30. The van der Waals surface area contributed by atoms with Gasteiger partial charge in [0.25, 0.3) is 5.91 Å². The summed E-state index contributed by atoms with van der Waals surface area (Å²) in [5, 5.41) is 16.6. The van der Waals surface area contributed by atoms with Crippen LogP contribution in [0.3, 0.4) is 0 Å². The highest BCUT2D eigenvalue weighted by Gasteiger charge is 2.35. The molecule has 37 heavy (non-hydrogen) atoms. The molecule has 190 valence electrons. The van der Waals surface area contributed by atoms with E-state index in [4.69, 9.17) is 0 Å². The van der Waals surface area contributed by atoms with E-state index in [9.17, 15) is 27.5 Å². The summed E-state index contributed by atoms with van der Waals surface area (Å²) in [6, 6.07) is 11.2. The standard InChI is InChI=1S/C24H18F4N6O2S/c25-21-16(2-1-3-17(21)24(26,27)28)18-11-37-23(32-18)33-22(36)13-4-6-14(7-5-13)31-19-8-20(30-12-29-19)34-9-15(35)10-34/h1-8,11-12,15,35H,9-10H2,(H,29,30,31)(H,32,33,36). The van der Waals surface area contributed by atoms with Gasteiger partial charge in [-0.15, -0.1) is 11.3 Å². The highest BCUT2D eigenvalue weighted by Crippen LogP contribution is 2.36. The number of β-amino-alcohol motifs (C(OH)–C–C–N with tert-alkyl or cyclic N) is 1. The minimum atomic E-state index is -4.83. The van der Waals surface area contributed by atoms with Crippen molar-refractivity contribution in [2.75, 3.05) is 28.6 Å². The van der Waals surface area contributed by atoms with Crippen LogP contribution in [-0.2, 0) is 6.18 Å². The lowest BCUT2D eigenvalue weighted by Crippen LogP contribution is -2.51. The second-order valence-corrected chi connectivity index (χ2v) is 9.04. The second-order valence-electron chi connectivity index (χ2n) is 8.18. The number of hydrogen-bond acceptors (Lipinski definition) is 8. The number of aliphatic hydroxyl groups is 1. The van der Waals surface area contributed by atoms with Crippen molar-refractivity contribution in [1.29, 1.82) is 0 Å². The molecule has 0 aliphatic carbocycles. The molecule has 0 atom stereocenters. The first-order valence-corrected chi connectivity index (χ1v) is 11.8. The predicted molar refractivity (Wildman–Crippen MR) is 130 cm³/mol. The molecule has 1 fully saturated rings. The molecule has 2 aromatic heterocycles. The zero-order chi connectivity index (χ0) is 26.2. The molecule has 0 unspecified atom stereocenters. The molecule has 0 radical (unpaired) electrons. The third kappa shape index (κ3) is 5.37. The summed E-state index contributed by atoms with van der Waals surface area (Å²) < 4.78 is 53.4. The zero-order valence-electron chi connectivity index (χ0n) is 18.8. The number of amides is 1. The van der Waals surface area contributed by atoms with E-state index in [1.165, 1.54) is 17.8 Å². The van der Waals surface area contributed by atoms with Gasteiger partial charge < -0.3 is 15.3 Å². The van der Waals surface area contributed by atoms with Gasteiger partial charge in [-0.05, 0) is 36.4 Å². The number of alkyl halides is 3. The lowest BCUT2D eigenvalue weighted by Gasteiger charge is -2.36. The molecule has 13 heteroatoms. The number of carbonyl (C=O) groups is 1. The van der Waals surface area contributed by atoms with E-state index >= 15 is 0 Å². The number of anilines is 4. The van der Waals surface area contributed by atoms with Crippen molar-refractivity contribution < 1.29 is 27.5 Å². The maximum absolute atomic E-state index is 14.4. The van der Waals surface area contributed by atoms with Crippen LogP contribution in [-0.4, -0.2) is 45.2 Å². The monoisotopic (exact) mass is 530 g/mol. The van der Waals surface area contributed by atoms with Gasteiger partial charge in [0, 0.05) is 41.4 Å². The Kier molecular flexibility index (Phi) is 6.48. The minimum absolute atomic E-state index is 0.0135. The molecule has 2 aromatic carbocycles. The van der Waals surface area contributed by atoms with Gasteiger partial charge in [0.1, 0.15) is 23.8 Å². The summed E-state index contributed by atoms with van der Waals surface area (Å²) >= 11 is 0.968. The summed E-state index contributed by atoms with van der Waals surface area (Å²) in [6.07, 6.45) is -3.78. The number of aromatic nitrogens is 3. The highest BCUT2D eigenvalue weighted by atomic mass is 32.1. The highest BCUT2D eigenvalue weighted by molar-refractivity contribution is 7.14. The number of rotatable bonds is 6. The van der Waals surface area contributed by atoms with Crippen LogP contribution in [0.4, 0.5) is 40.0 Å². The van der Waals surface area contributed by atoms with Crippen molar-refractivity contribution in [3.63, 3.8) is 0 Å².